The standard InChI is InChI=1S/C17H20N4O3/c1-22-16-9-14(19-11-20-16)21-10-13(17-12(21)5-4-8-23-17)24-15-6-2-3-7-18-15/h2-3,6-7,9,11-13,17H,4-5,8,10H2,1H3/t12-,13-,17+/m1/s1. The van der Waals surface area contributed by atoms with Crippen molar-refractivity contribution in [2.45, 2.75) is 31.1 Å². The van der Waals surface area contributed by atoms with Gasteiger partial charge in [-0.2, -0.15) is 0 Å². The Kier molecular flexibility index (Phi) is 4.17. The molecule has 2 aromatic heterocycles. The van der Waals surface area contributed by atoms with Crippen LogP contribution in [-0.4, -0.2) is 53.5 Å². The van der Waals surface area contributed by atoms with E-state index in [0.717, 1.165) is 25.3 Å². The summed E-state index contributed by atoms with van der Waals surface area (Å²) in [6.07, 6.45) is 5.29. The lowest BCUT2D eigenvalue weighted by Crippen LogP contribution is -2.42. The molecule has 0 aromatic carbocycles. The van der Waals surface area contributed by atoms with Crippen LogP contribution in [0.3, 0.4) is 0 Å². The topological polar surface area (TPSA) is 69.6 Å². The molecule has 2 fully saturated rings. The fourth-order valence-electron chi connectivity index (χ4n) is 3.45. The van der Waals surface area contributed by atoms with Gasteiger partial charge in [-0.15, -0.1) is 0 Å². The van der Waals surface area contributed by atoms with Crippen LogP contribution in [0.5, 0.6) is 11.8 Å². The van der Waals surface area contributed by atoms with Crippen molar-refractivity contribution in [1.29, 1.82) is 0 Å². The Balaban J connectivity index is 1.59. The maximum absolute atomic E-state index is 6.10. The van der Waals surface area contributed by atoms with Crippen molar-refractivity contribution in [3.05, 3.63) is 36.8 Å². The molecule has 2 saturated heterocycles. The Morgan fingerprint density at radius 1 is 1.21 bits per heavy atom. The molecule has 0 amide bonds. The molecular formula is C17H20N4O3. The van der Waals surface area contributed by atoms with Gasteiger partial charge in [0, 0.05) is 24.9 Å². The average Bonchev–Trinajstić information content (AvgIpc) is 3.01. The summed E-state index contributed by atoms with van der Waals surface area (Å²) in [5.74, 6) is 2.02. The zero-order chi connectivity index (χ0) is 16.4. The van der Waals surface area contributed by atoms with Crippen molar-refractivity contribution in [2.24, 2.45) is 0 Å². The first-order chi connectivity index (χ1) is 11.8. The molecule has 4 heterocycles. The minimum Gasteiger partial charge on any atom is -0.481 e. The molecule has 126 valence electrons. The molecular weight excluding hydrogens is 308 g/mol. The van der Waals surface area contributed by atoms with E-state index in [0.29, 0.717) is 18.3 Å². The Bertz CT molecular complexity index is 685. The van der Waals surface area contributed by atoms with Gasteiger partial charge < -0.3 is 19.1 Å². The monoisotopic (exact) mass is 328 g/mol. The SMILES string of the molecule is COc1cc(N2C[C@@H](Oc3ccccn3)[C@H]3OCCC[C@H]32)ncn1. The summed E-state index contributed by atoms with van der Waals surface area (Å²) in [6.45, 7) is 1.47. The maximum Gasteiger partial charge on any atom is 0.218 e. The second kappa shape index (κ2) is 6.60. The average molecular weight is 328 g/mol. The van der Waals surface area contributed by atoms with Crippen molar-refractivity contribution in [3.63, 3.8) is 0 Å². The molecule has 7 heteroatoms. The number of hydrogen-bond donors (Lipinski definition) is 0. The Hall–Kier alpha value is -2.41. The minimum absolute atomic E-state index is 0.0155. The number of aromatic nitrogens is 3. The van der Waals surface area contributed by atoms with Crippen LogP contribution in [0.2, 0.25) is 0 Å². The first kappa shape index (κ1) is 15.1. The molecule has 24 heavy (non-hydrogen) atoms. The van der Waals surface area contributed by atoms with Crippen molar-refractivity contribution in [1.82, 2.24) is 15.0 Å². The van der Waals surface area contributed by atoms with Crippen molar-refractivity contribution < 1.29 is 14.2 Å². The zero-order valence-corrected chi connectivity index (χ0v) is 13.5. The second-order valence-corrected chi connectivity index (χ2v) is 5.94. The predicted octanol–water partition coefficient (Wildman–Crippen LogP) is 1.70. The molecule has 2 aliphatic rings. The Morgan fingerprint density at radius 3 is 3.00 bits per heavy atom. The van der Waals surface area contributed by atoms with Gasteiger partial charge in [0.15, 0.2) is 0 Å². The molecule has 0 unspecified atom stereocenters. The summed E-state index contributed by atoms with van der Waals surface area (Å²) >= 11 is 0. The summed E-state index contributed by atoms with van der Waals surface area (Å²) in [6, 6.07) is 7.76. The second-order valence-electron chi connectivity index (χ2n) is 5.94. The van der Waals surface area contributed by atoms with Crippen LogP contribution in [0.15, 0.2) is 36.8 Å². The molecule has 0 saturated carbocycles. The molecule has 7 nitrogen and oxygen atoms in total. The predicted molar refractivity (Wildman–Crippen MR) is 87.3 cm³/mol. The zero-order valence-electron chi connectivity index (χ0n) is 13.5. The summed E-state index contributed by atoms with van der Waals surface area (Å²) in [5.41, 5.74) is 0. The van der Waals surface area contributed by atoms with E-state index in [-0.39, 0.29) is 18.2 Å². The third-order valence-corrected chi connectivity index (χ3v) is 4.52. The summed E-state index contributed by atoms with van der Waals surface area (Å²) < 4.78 is 17.3. The number of nitrogens with zero attached hydrogens (tertiary/aromatic N) is 4. The molecule has 0 aliphatic carbocycles. The summed E-state index contributed by atoms with van der Waals surface area (Å²) in [4.78, 5) is 15.0. The van der Waals surface area contributed by atoms with Gasteiger partial charge in [0.25, 0.3) is 0 Å². The van der Waals surface area contributed by atoms with Gasteiger partial charge in [-0.25, -0.2) is 15.0 Å². The Labute approximate surface area is 140 Å². The molecule has 0 N–H and O–H groups in total. The van der Waals surface area contributed by atoms with Crippen LogP contribution in [-0.2, 0) is 4.74 Å². The van der Waals surface area contributed by atoms with E-state index in [4.69, 9.17) is 14.2 Å². The number of methoxy groups -OCH3 is 1. The first-order valence-electron chi connectivity index (χ1n) is 8.17. The smallest absolute Gasteiger partial charge is 0.218 e. The number of pyridine rings is 1. The van der Waals surface area contributed by atoms with Crippen molar-refractivity contribution in [2.75, 3.05) is 25.2 Å². The van der Waals surface area contributed by atoms with E-state index in [1.54, 1.807) is 13.3 Å². The molecule has 0 radical (unpaired) electrons. The molecule has 3 atom stereocenters. The molecule has 2 aliphatic heterocycles. The van der Waals surface area contributed by atoms with Crippen LogP contribution in [0.1, 0.15) is 12.8 Å². The maximum atomic E-state index is 6.10. The van der Waals surface area contributed by atoms with E-state index in [9.17, 15) is 0 Å². The van der Waals surface area contributed by atoms with Gasteiger partial charge in [-0.05, 0) is 18.9 Å². The summed E-state index contributed by atoms with van der Waals surface area (Å²) in [7, 11) is 1.61. The highest BCUT2D eigenvalue weighted by Crippen LogP contribution is 2.34. The quantitative estimate of drug-likeness (QED) is 0.846. The van der Waals surface area contributed by atoms with E-state index >= 15 is 0 Å². The highest BCUT2D eigenvalue weighted by atomic mass is 16.5. The Morgan fingerprint density at radius 2 is 2.17 bits per heavy atom. The number of rotatable bonds is 4. The normalized spacial score (nSPS) is 26.0. The number of fused-ring (bicyclic) bond motifs is 1. The van der Waals surface area contributed by atoms with Crippen molar-refractivity contribution in [3.8, 4) is 11.8 Å². The van der Waals surface area contributed by atoms with Crippen LogP contribution >= 0.6 is 0 Å². The van der Waals surface area contributed by atoms with E-state index in [2.05, 4.69) is 19.9 Å². The van der Waals surface area contributed by atoms with Gasteiger partial charge in [0.1, 0.15) is 24.4 Å². The molecule has 4 rings (SSSR count). The number of ether oxygens (including phenoxy) is 3. The highest BCUT2D eigenvalue weighted by molar-refractivity contribution is 5.45. The van der Waals surface area contributed by atoms with Crippen LogP contribution < -0.4 is 14.4 Å². The lowest BCUT2D eigenvalue weighted by atomic mass is 10.0. The summed E-state index contributed by atoms with van der Waals surface area (Å²) in [5, 5.41) is 0. The van der Waals surface area contributed by atoms with Gasteiger partial charge in [0.05, 0.1) is 19.7 Å². The van der Waals surface area contributed by atoms with Gasteiger partial charge >= 0.3 is 0 Å². The van der Waals surface area contributed by atoms with Gasteiger partial charge in [0.2, 0.25) is 11.8 Å². The lowest BCUT2D eigenvalue weighted by molar-refractivity contribution is -0.0372. The molecule has 0 bridgehead atoms. The minimum atomic E-state index is -0.0776. The van der Waals surface area contributed by atoms with E-state index in [1.807, 2.05) is 24.3 Å². The fraction of sp³-hybridized carbons (Fsp3) is 0.471. The van der Waals surface area contributed by atoms with Gasteiger partial charge in [-0.3, -0.25) is 0 Å². The van der Waals surface area contributed by atoms with E-state index < -0.39 is 0 Å². The van der Waals surface area contributed by atoms with Crippen LogP contribution in [0, 0.1) is 0 Å². The molecule has 0 spiro atoms. The first-order valence-corrected chi connectivity index (χ1v) is 8.17. The van der Waals surface area contributed by atoms with Crippen LogP contribution in [0.25, 0.3) is 0 Å². The van der Waals surface area contributed by atoms with Crippen LogP contribution in [0.4, 0.5) is 5.82 Å². The lowest BCUT2D eigenvalue weighted by Gasteiger charge is -2.32. The fourth-order valence-corrected chi connectivity index (χ4v) is 3.45. The van der Waals surface area contributed by atoms with E-state index in [1.165, 1.54) is 6.33 Å². The number of hydrogen-bond acceptors (Lipinski definition) is 7. The van der Waals surface area contributed by atoms with Gasteiger partial charge in [-0.1, -0.05) is 6.07 Å². The largest absolute Gasteiger partial charge is 0.481 e. The molecule has 2 aromatic rings. The third kappa shape index (κ3) is 2.87. The highest BCUT2D eigenvalue weighted by Gasteiger charge is 2.46. The number of anilines is 1. The van der Waals surface area contributed by atoms with Crippen molar-refractivity contribution >= 4 is 5.82 Å². The third-order valence-electron chi connectivity index (χ3n) is 4.52.